The molecule has 114 valence electrons. The first-order valence-corrected chi connectivity index (χ1v) is 7.06. The molecular weight excluding hydrogens is 302 g/mol. The maximum absolute atomic E-state index is 12.3. The standard InChI is InChI=1S/C17H16ClNO3/c1-10-8-13(9-15(18)16(10)22-3)17(21)19-14-6-4-12(5-7-14)11(2)20/h4-9H,1-3H3,(H,19,21). The minimum atomic E-state index is -0.275. The molecule has 0 unspecified atom stereocenters. The zero-order valence-corrected chi connectivity index (χ0v) is 13.3. The third-order valence-corrected chi connectivity index (χ3v) is 3.53. The molecule has 0 heterocycles. The smallest absolute Gasteiger partial charge is 0.255 e. The van der Waals surface area contributed by atoms with Gasteiger partial charge in [0.1, 0.15) is 5.75 Å². The number of hydrogen-bond donors (Lipinski definition) is 1. The van der Waals surface area contributed by atoms with Gasteiger partial charge < -0.3 is 10.1 Å². The molecule has 0 atom stereocenters. The van der Waals surface area contributed by atoms with Crippen LogP contribution in [-0.2, 0) is 0 Å². The fraction of sp³-hybridized carbons (Fsp3) is 0.176. The SMILES string of the molecule is COc1c(C)cc(C(=O)Nc2ccc(C(C)=O)cc2)cc1Cl. The van der Waals surface area contributed by atoms with Crippen molar-refractivity contribution in [1.82, 2.24) is 0 Å². The van der Waals surface area contributed by atoms with Crippen molar-refractivity contribution in [2.24, 2.45) is 0 Å². The molecule has 0 aromatic heterocycles. The molecule has 0 radical (unpaired) electrons. The van der Waals surface area contributed by atoms with E-state index in [0.29, 0.717) is 27.6 Å². The average molecular weight is 318 g/mol. The zero-order chi connectivity index (χ0) is 16.3. The highest BCUT2D eigenvalue weighted by atomic mass is 35.5. The van der Waals surface area contributed by atoms with Gasteiger partial charge in [-0.1, -0.05) is 11.6 Å². The van der Waals surface area contributed by atoms with Crippen LogP contribution < -0.4 is 10.1 Å². The van der Waals surface area contributed by atoms with Crippen molar-refractivity contribution in [2.75, 3.05) is 12.4 Å². The van der Waals surface area contributed by atoms with Crippen molar-refractivity contribution in [3.63, 3.8) is 0 Å². The third kappa shape index (κ3) is 3.46. The molecule has 1 amide bonds. The van der Waals surface area contributed by atoms with Gasteiger partial charge in [0.05, 0.1) is 12.1 Å². The maximum Gasteiger partial charge on any atom is 0.255 e. The Labute approximate surface area is 134 Å². The first kappa shape index (κ1) is 16.0. The summed E-state index contributed by atoms with van der Waals surface area (Å²) < 4.78 is 5.17. The van der Waals surface area contributed by atoms with E-state index < -0.39 is 0 Å². The first-order chi connectivity index (χ1) is 10.4. The lowest BCUT2D eigenvalue weighted by Crippen LogP contribution is -2.12. The summed E-state index contributed by atoms with van der Waals surface area (Å²) in [6.45, 7) is 3.32. The van der Waals surface area contributed by atoms with E-state index in [4.69, 9.17) is 16.3 Å². The molecule has 0 bridgehead atoms. The number of anilines is 1. The van der Waals surface area contributed by atoms with E-state index in [9.17, 15) is 9.59 Å². The van der Waals surface area contributed by atoms with Gasteiger partial charge in [-0.05, 0) is 55.8 Å². The molecule has 0 saturated heterocycles. The fourth-order valence-corrected chi connectivity index (χ4v) is 2.46. The summed E-state index contributed by atoms with van der Waals surface area (Å²) >= 11 is 6.09. The number of carbonyl (C=O) groups excluding carboxylic acids is 2. The highest BCUT2D eigenvalue weighted by Crippen LogP contribution is 2.29. The number of hydrogen-bond acceptors (Lipinski definition) is 3. The minimum Gasteiger partial charge on any atom is -0.495 e. The van der Waals surface area contributed by atoms with E-state index in [1.165, 1.54) is 14.0 Å². The van der Waals surface area contributed by atoms with Crippen molar-refractivity contribution < 1.29 is 14.3 Å². The van der Waals surface area contributed by atoms with Crippen molar-refractivity contribution in [3.8, 4) is 5.75 Å². The van der Waals surface area contributed by atoms with Crippen LogP contribution in [0.5, 0.6) is 5.75 Å². The number of ether oxygens (including phenoxy) is 1. The fourth-order valence-electron chi connectivity index (χ4n) is 2.11. The summed E-state index contributed by atoms with van der Waals surface area (Å²) in [4.78, 5) is 23.5. The van der Waals surface area contributed by atoms with Crippen LogP contribution in [0.4, 0.5) is 5.69 Å². The van der Waals surface area contributed by atoms with Gasteiger partial charge in [-0.3, -0.25) is 9.59 Å². The topological polar surface area (TPSA) is 55.4 Å². The van der Waals surface area contributed by atoms with Crippen molar-refractivity contribution in [2.45, 2.75) is 13.8 Å². The number of Topliss-reactive ketones (excluding diaryl/α,β-unsaturated/α-hetero) is 1. The van der Waals surface area contributed by atoms with Gasteiger partial charge in [0.2, 0.25) is 0 Å². The summed E-state index contributed by atoms with van der Waals surface area (Å²) in [6, 6.07) is 9.99. The van der Waals surface area contributed by atoms with Crippen LogP contribution in [0.2, 0.25) is 5.02 Å². The average Bonchev–Trinajstić information content (AvgIpc) is 2.47. The Kier molecular flexibility index (Phi) is 4.83. The summed E-state index contributed by atoms with van der Waals surface area (Å²) in [6.07, 6.45) is 0. The van der Waals surface area contributed by atoms with Crippen molar-refractivity contribution in [3.05, 3.63) is 58.1 Å². The molecule has 0 aliphatic heterocycles. The lowest BCUT2D eigenvalue weighted by Gasteiger charge is -2.10. The number of aryl methyl sites for hydroxylation is 1. The monoisotopic (exact) mass is 317 g/mol. The van der Waals surface area contributed by atoms with Crippen LogP contribution in [0, 0.1) is 6.92 Å². The van der Waals surface area contributed by atoms with Gasteiger partial charge in [-0.25, -0.2) is 0 Å². The number of nitrogens with one attached hydrogen (secondary N) is 1. The molecule has 4 nitrogen and oxygen atoms in total. The van der Waals surface area contributed by atoms with Crippen LogP contribution >= 0.6 is 11.6 Å². The second-order valence-electron chi connectivity index (χ2n) is 4.90. The molecule has 0 spiro atoms. The predicted molar refractivity (Wildman–Crippen MR) is 87.1 cm³/mol. The molecular formula is C17H16ClNO3. The number of halogens is 1. The van der Waals surface area contributed by atoms with Crippen LogP contribution in [0.3, 0.4) is 0 Å². The van der Waals surface area contributed by atoms with Gasteiger partial charge in [-0.2, -0.15) is 0 Å². The summed E-state index contributed by atoms with van der Waals surface area (Å²) in [5.41, 5.74) is 2.44. The third-order valence-electron chi connectivity index (χ3n) is 3.24. The van der Waals surface area contributed by atoms with Gasteiger partial charge >= 0.3 is 0 Å². The van der Waals surface area contributed by atoms with E-state index in [2.05, 4.69) is 5.32 Å². The second-order valence-corrected chi connectivity index (χ2v) is 5.30. The number of methoxy groups -OCH3 is 1. The number of carbonyl (C=O) groups is 2. The van der Waals surface area contributed by atoms with E-state index in [1.807, 2.05) is 6.92 Å². The van der Waals surface area contributed by atoms with Crippen molar-refractivity contribution >= 4 is 29.0 Å². The Morgan fingerprint density at radius 1 is 1.09 bits per heavy atom. The zero-order valence-electron chi connectivity index (χ0n) is 12.6. The number of ketones is 1. The molecule has 2 aromatic rings. The highest BCUT2D eigenvalue weighted by Gasteiger charge is 2.12. The molecule has 0 fully saturated rings. The van der Waals surface area contributed by atoms with E-state index >= 15 is 0 Å². The first-order valence-electron chi connectivity index (χ1n) is 6.69. The lowest BCUT2D eigenvalue weighted by atomic mass is 10.1. The Hall–Kier alpha value is -2.33. The Bertz CT molecular complexity index is 700. The molecule has 5 heteroatoms. The van der Waals surface area contributed by atoms with Crippen molar-refractivity contribution in [1.29, 1.82) is 0 Å². The van der Waals surface area contributed by atoms with Gasteiger partial charge in [0.15, 0.2) is 5.78 Å². The summed E-state index contributed by atoms with van der Waals surface area (Å²) in [5, 5.41) is 3.16. The molecule has 0 aliphatic rings. The van der Waals surface area contributed by atoms with Crippen LogP contribution in [0.15, 0.2) is 36.4 Å². The number of amides is 1. The lowest BCUT2D eigenvalue weighted by molar-refractivity contribution is 0.101. The highest BCUT2D eigenvalue weighted by molar-refractivity contribution is 6.32. The normalized spacial score (nSPS) is 10.2. The van der Waals surface area contributed by atoms with Crippen LogP contribution in [-0.4, -0.2) is 18.8 Å². The Balaban J connectivity index is 2.20. The Morgan fingerprint density at radius 3 is 2.23 bits per heavy atom. The molecule has 1 N–H and O–H groups in total. The molecule has 22 heavy (non-hydrogen) atoms. The van der Waals surface area contributed by atoms with Crippen LogP contribution in [0.1, 0.15) is 33.2 Å². The second kappa shape index (κ2) is 6.62. The van der Waals surface area contributed by atoms with Gasteiger partial charge in [0.25, 0.3) is 5.91 Å². The minimum absolute atomic E-state index is 0.0181. The summed E-state index contributed by atoms with van der Waals surface area (Å²) in [5.74, 6) is 0.266. The van der Waals surface area contributed by atoms with E-state index in [-0.39, 0.29) is 11.7 Å². The van der Waals surface area contributed by atoms with Crippen LogP contribution in [0.25, 0.3) is 0 Å². The molecule has 0 saturated carbocycles. The number of rotatable bonds is 4. The van der Waals surface area contributed by atoms with E-state index in [0.717, 1.165) is 5.56 Å². The Morgan fingerprint density at radius 2 is 1.73 bits per heavy atom. The van der Waals surface area contributed by atoms with Gasteiger partial charge in [0, 0.05) is 16.8 Å². The van der Waals surface area contributed by atoms with E-state index in [1.54, 1.807) is 36.4 Å². The summed E-state index contributed by atoms with van der Waals surface area (Å²) in [7, 11) is 1.53. The molecule has 2 aromatic carbocycles. The maximum atomic E-state index is 12.3. The number of benzene rings is 2. The molecule has 2 rings (SSSR count). The predicted octanol–water partition coefficient (Wildman–Crippen LogP) is 4.11. The molecule has 0 aliphatic carbocycles. The quantitative estimate of drug-likeness (QED) is 0.863. The largest absolute Gasteiger partial charge is 0.495 e. The van der Waals surface area contributed by atoms with Gasteiger partial charge in [-0.15, -0.1) is 0 Å².